The first kappa shape index (κ1) is 19.5. The molecule has 0 aliphatic carbocycles. The van der Waals surface area contributed by atoms with Crippen LogP contribution in [0.4, 0.5) is 5.69 Å². The zero-order valence-electron chi connectivity index (χ0n) is 14.7. The number of carbonyl (C=O) groups excluding carboxylic acids is 2. The van der Waals surface area contributed by atoms with Gasteiger partial charge in [0.2, 0.25) is 11.8 Å². The lowest BCUT2D eigenvalue weighted by molar-refractivity contribution is -0.130. The van der Waals surface area contributed by atoms with Crippen LogP contribution < -0.4 is 10.1 Å². The van der Waals surface area contributed by atoms with Crippen molar-refractivity contribution in [3.05, 3.63) is 65.2 Å². The SMILES string of the molecule is CCN(CC(=O)Nc1cccc(OC)c1)C(=O)/C=C/c1ccccc1Cl. The van der Waals surface area contributed by atoms with Crippen molar-refractivity contribution in [3.63, 3.8) is 0 Å². The molecule has 0 fully saturated rings. The second-order valence-corrected chi connectivity index (χ2v) is 5.89. The predicted octanol–water partition coefficient (Wildman–Crippen LogP) is 3.85. The summed E-state index contributed by atoms with van der Waals surface area (Å²) in [4.78, 5) is 26.0. The molecule has 136 valence electrons. The van der Waals surface area contributed by atoms with E-state index in [9.17, 15) is 9.59 Å². The summed E-state index contributed by atoms with van der Waals surface area (Å²) >= 11 is 6.07. The topological polar surface area (TPSA) is 58.6 Å². The van der Waals surface area contributed by atoms with E-state index in [2.05, 4.69) is 5.32 Å². The largest absolute Gasteiger partial charge is 0.497 e. The maximum Gasteiger partial charge on any atom is 0.247 e. The maximum atomic E-state index is 12.3. The first-order valence-corrected chi connectivity index (χ1v) is 8.56. The molecule has 0 aliphatic heterocycles. The minimum Gasteiger partial charge on any atom is -0.497 e. The summed E-state index contributed by atoms with van der Waals surface area (Å²) in [6.07, 6.45) is 3.07. The highest BCUT2D eigenvalue weighted by Crippen LogP contribution is 2.17. The summed E-state index contributed by atoms with van der Waals surface area (Å²) < 4.78 is 5.12. The lowest BCUT2D eigenvalue weighted by Gasteiger charge is -2.18. The third-order valence-electron chi connectivity index (χ3n) is 3.69. The second-order valence-electron chi connectivity index (χ2n) is 5.49. The number of nitrogens with zero attached hydrogens (tertiary/aromatic N) is 1. The molecule has 0 bridgehead atoms. The van der Waals surface area contributed by atoms with Gasteiger partial charge in [-0.3, -0.25) is 9.59 Å². The molecule has 0 unspecified atom stereocenters. The third kappa shape index (κ3) is 5.63. The summed E-state index contributed by atoms with van der Waals surface area (Å²) in [5.74, 6) is 0.113. The van der Waals surface area contributed by atoms with E-state index in [1.807, 2.05) is 25.1 Å². The Morgan fingerprint density at radius 1 is 1.19 bits per heavy atom. The highest BCUT2D eigenvalue weighted by atomic mass is 35.5. The van der Waals surface area contributed by atoms with Crippen LogP contribution in [0, 0.1) is 0 Å². The zero-order chi connectivity index (χ0) is 18.9. The van der Waals surface area contributed by atoms with Gasteiger partial charge in [-0.25, -0.2) is 0 Å². The van der Waals surface area contributed by atoms with Gasteiger partial charge in [-0.2, -0.15) is 0 Å². The summed E-state index contributed by atoms with van der Waals surface area (Å²) in [6.45, 7) is 2.19. The average Bonchev–Trinajstić information content (AvgIpc) is 2.65. The van der Waals surface area contributed by atoms with Crippen LogP contribution in [0.2, 0.25) is 5.02 Å². The van der Waals surface area contributed by atoms with Crippen LogP contribution in [0.1, 0.15) is 12.5 Å². The van der Waals surface area contributed by atoms with Crippen molar-refractivity contribution < 1.29 is 14.3 Å². The normalized spacial score (nSPS) is 10.6. The van der Waals surface area contributed by atoms with Gasteiger partial charge in [-0.1, -0.05) is 35.9 Å². The first-order chi connectivity index (χ1) is 12.5. The number of likely N-dealkylation sites (N-methyl/N-ethyl adjacent to an activating group) is 1. The molecule has 0 atom stereocenters. The molecule has 0 saturated carbocycles. The van der Waals surface area contributed by atoms with Gasteiger partial charge in [0.15, 0.2) is 0 Å². The predicted molar refractivity (Wildman–Crippen MR) is 104 cm³/mol. The molecule has 0 spiro atoms. The quantitative estimate of drug-likeness (QED) is 0.751. The Hall–Kier alpha value is -2.79. The van der Waals surface area contributed by atoms with E-state index >= 15 is 0 Å². The first-order valence-electron chi connectivity index (χ1n) is 8.19. The van der Waals surface area contributed by atoms with Crippen LogP contribution in [0.5, 0.6) is 5.75 Å². The van der Waals surface area contributed by atoms with Crippen LogP contribution in [0.25, 0.3) is 6.08 Å². The molecule has 0 heterocycles. The minimum absolute atomic E-state index is 0.0423. The van der Waals surface area contributed by atoms with Gasteiger partial charge < -0.3 is 15.0 Å². The highest BCUT2D eigenvalue weighted by Gasteiger charge is 2.13. The smallest absolute Gasteiger partial charge is 0.247 e. The van der Waals surface area contributed by atoms with E-state index in [0.29, 0.717) is 23.0 Å². The Morgan fingerprint density at radius 3 is 2.65 bits per heavy atom. The van der Waals surface area contributed by atoms with Gasteiger partial charge in [0.1, 0.15) is 12.3 Å². The molecule has 5 nitrogen and oxygen atoms in total. The molecule has 0 radical (unpaired) electrons. The molecular weight excluding hydrogens is 352 g/mol. The van der Waals surface area contributed by atoms with Gasteiger partial charge in [-0.05, 0) is 36.8 Å². The molecular formula is C20H21ClN2O3. The lowest BCUT2D eigenvalue weighted by Crippen LogP contribution is -2.36. The van der Waals surface area contributed by atoms with E-state index in [1.54, 1.807) is 43.5 Å². The number of benzene rings is 2. The number of methoxy groups -OCH3 is 1. The van der Waals surface area contributed by atoms with Crippen LogP contribution >= 0.6 is 11.6 Å². The van der Waals surface area contributed by atoms with E-state index < -0.39 is 0 Å². The van der Waals surface area contributed by atoms with Crippen molar-refractivity contribution in [2.45, 2.75) is 6.92 Å². The summed E-state index contributed by atoms with van der Waals surface area (Å²) in [7, 11) is 1.56. The Labute approximate surface area is 158 Å². The van der Waals surface area contributed by atoms with Gasteiger partial charge >= 0.3 is 0 Å². The fraction of sp³-hybridized carbons (Fsp3) is 0.200. The highest BCUT2D eigenvalue weighted by molar-refractivity contribution is 6.32. The summed E-state index contributed by atoms with van der Waals surface area (Å²) in [6, 6.07) is 14.3. The fourth-order valence-corrected chi connectivity index (χ4v) is 2.50. The number of nitrogens with one attached hydrogen (secondary N) is 1. The van der Waals surface area contributed by atoms with Crippen molar-refractivity contribution in [1.82, 2.24) is 4.90 Å². The second kappa shape index (κ2) is 9.63. The minimum atomic E-state index is -0.278. The number of halogens is 1. The lowest BCUT2D eigenvalue weighted by atomic mass is 10.2. The Balaban J connectivity index is 1.97. The van der Waals surface area contributed by atoms with Gasteiger partial charge in [0.05, 0.1) is 7.11 Å². The summed E-state index contributed by atoms with van der Waals surface area (Å²) in [5, 5.41) is 3.33. The molecule has 0 aromatic heterocycles. The van der Waals surface area contributed by atoms with E-state index in [0.717, 1.165) is 5.56 Å². The number of hydrogen-bond donors (Lipinski definition) is 1. The average molecular weight is 373 g/mol. The Morgan fingerprint density at radius 2 is 1.96 bits per heavy atom. The number of amides is 2. The van der Waals surface area contributed by atoms with Crippen LogP contribution in [0.15, 0.2) is 54.6 Å². The fourth-order valence-electron chi connectivity index (χ4n) is 2.30. The van der Waals surface area contributed by atoms with Crippen molar-refractivity contribution in [2.24, 2.45) is 0 Å². The molecule has 2 aromatic rings. The van der Waals surface area contributed by atoms with E-state index in [1.165, 1.54) is 11.0 Å². The molecule has 0 aliphatic rings. The molecule has 0 saturated heterocycles. The molecule has 2 amide bonds. The number of carbonyl (C=O) groups is 2. The number of rotatable bonds is 7. The van der Waals surface area contributed by atoms with E-state index in [4.69, 9.17) is 16.3 Å². The number of anilines is 1. The Bertz CT molecular complexity index is 805. The monoisotopic (exact) mass is 372 g/mol. The third-order valence-corrected chi connectivity index (χ3v) is 4.04. The van der Waals surface area contributed by atoms with Crippen molar-refractivity contribution in [1.29, 1.82) is 0 Å². The number of ether oxygens (including phenoxy) is 1. The molecule has 2 rings (SSSR count). The van der Waals surface area contributed by atoms with Crippen LogP contribution in [0.3, 0.4) is 0 Å². The summed E-state index contributed by atoms with van der Waals surface area (Å²) in [5.41, 5.74) is 1.36. The van der Waals surface area contributed by atoms with Gasteiger partial charge in [0.25, 0.3) is 0 Å². The molecule has 1 N–H and O–H groups in total. The van der Waals surface area contributed by atoms with Crippen molar-refractivity contribution >= 4 is 35.2 Å². The van der Waals surface area contributed by atoms with E-state index in [-0.39, 0.29) is 18.4 Å². The number of hydrogen-bond acceptors (Lipinski definition) is 3. The maximum absolute atomic E-state index is 12.3. The standard InChI is InChI=1S/C20H21ClN2O3/c1-3-23(20(25)12-11-15-7-4-5-10-18(15)21)14-19(24)22-16-8-6-9-17(13-16)26-2/h4-13H,3,14H2,1-2H3,(H,22,24)/b12-11+. The van der Waals surface area contributed by atoms with Gasteiger partial charge in [0, 0.05) is 29.4 Å². The molecule has 6 heteroatoms. The zero-order valence-corrected chi connectivity index (χ0v) is 15.5. The van der Waals surface area contributed by atoms with Crippen LogP contribution in [-0.2, 0) is 9.59 Å². The molecule has 2 aromatic carbocycles. The van der Waals surface area contributed by atoms with Gasteiger partial charge in [-0.15, -0.1) is 0 Å². The van der Waals surface area contributed by atoms with Crippen molar-refractivity contribution in [3.8, 4) is 5.75 Å². The van der Waals surface area contributed by atoms with Crippen LogP contribution in [-0.4, -0.2) is 36.9 Å². The van der Waals surface area contributed by atoms with Crippen molar-refractivity contribution in [2.75, 3.05) is 25.5 Å². The Kier molecular flexibility index (Phi) is 7.24. The molecule has 26 heavy (non-hydrogen) atoms.